The summed E-state index contributed by atoms with van der Waals surface area (Å²) in [4.78, 5) is 8.30. The van der Waals surface area contributed by atoms with Crippen molar-refractivity contribution in [2.75, 3.05) is 10.7 Å². The van der Waals surface area contributed by atoms with E-state index in [0.29, 0.717) is 29.0 Å². The smallest absolute Gasteiger partial charge is 0.241 e. The van der Waals surface area contributed by atoms with Gasteiger partial charge in [-0.05, 0) is 6.07 Å². The summed E-state index contributed by atoms with van der Waals surface area (Å²) in [5.74, 6) is 5.82. The zero-order valence-electron chi connectivity index (χ0n) is 10.4. The fourth-order valence-electron chi connectivity index (χ4n) is 1.85. The van der Waals surface area contributed by atoms with Crippen LogP contribution in [0.1, 0.15) is 5.56 Å². The maximum atomic E-state index is 13.6. The van der Waals surface area contributed by atoms with E-state index in [2.05, 4.69) is 30.9 Å². The average Bonchev–Trinajstić information content (AvgIpc) is 2.94. The van der Waals surface area contributed by atoms with Crippen molar-refractivity contribution in [1.82, 2.24) is 20.2 Å². The Kier molecular flexibility index (Phi) is 3.13. The number of aromatic amines is 1. The number of hydrazine groups is 1. The molecule has 3 aromatic rings. The van der Waals surface area contributed by atoms with Gasteiger partial charge in [0.25, 0.3) is 0 Å². The summed E-state index contributed by atoms with van der Waals surface area (Å²) >= 11 is 0. The van der Waals surface area contributed by atoms with E-state index < -0.39 is 0 Å². The molecule has 0 aliphatic rings. The number of fused-ring (bicyclic) bond motifs is 1. The van der Waals surface area contributed by atoms with Gasteiger partial charge in [-0.2, -0.15) is 15.1 Å². The molecule has 0 aliphatic carbocycles. The van der Waals surface area contributed by atoms with Gasteiger partial charge in [0.1, 0.15) is 11.6 Å². The van der Waals surface area contributed by atoms with E-state index in [1.807, 2.05) is 0 Å². The zero-order valence-corrected chi connectivity index (χ0v) is 10.4. The fraction of sp³-hybridized carbons (Fsp3) is 0.0833. The third-order valence-electron chi connectivity index (χ3n) is 2.84. The molecule has 0 spiro atoms. The molecule has 8 heteroatoms. The van der Waals surface area contributed by atoms with Crippen molar-refractivity contribution in [1.29, 1.82) is 0 Å². The minimum Gasteiger partial charge on any atom is -0.365 e. The molecule has 20 heavy (non-hydrogen) atoms. The predicted molar refractivity (Wildman–Crippen MR) is 73.2 cm³/mol. The lowest BCUT2D eigenvalue weighted by molar-refractivity contribution is 0.613. The average molecular weight is 273 g/mol. The number of benzene rings is 1. The maximum Gasteiger partial charge on any atom is 0.241 e. The van der Waals surface area contributed by atoms with Crippen LogP contribution in [-0.4, -0.2) is 20.2 Å². The number of aromatic nitrogens is 4. The molecule has 0 fully saturated rings. The Morgan fingerprint density at radius 1 is 1.25 bits per heavy atom. The Bertz CT molecular complexity index is 740. The van der Waals surface area contributed by atoms with Crippen molar-refractivity contribution in [3.05, 3.63) is 41.8 Å². The highest BCUT2D eigenvalue weighted by Gasteiger charge is 2.09. The Labute approximate surface area is 113 Å². The number of hydrogen-bond acceptors (Lipinski definition) is 6. The van der Waals surface area contributed by atoms with Crippen LogP contribution in [-0.2, 0) is 6.54 Å². The first kappa shape index (κ1) is 12.3. The van der Waals surface area contributed by atoms with Gasteiger partial charge in [-0.15, -0.1) is 0 Å². The Balaban J connectivity index is 1.90. The van der Waals surface area contributed by atoms with Crippen molar-refractivity contribution >= 4 is 22.8 Å². The van der Waals surface area contributed by atoms with Gasteiger partial charge in [-0.25, -0.2) is 10.2 Å². The molecule has 0 aliphatic heterocycles. The third-order valence-corrected chi connectivity index (χ3v) is 2.84. The highest BCUT2D eigenvalue weighted by molar-refractivity contribution is 5.86. The summed E-state index contributed by atoms with van der Waals surface area (Å²) in [7, 11) is 0. The highest BCUT2D eigenvalue weighted by Crippen LogP contribution is 2.20. The second-order valence-electron chi connectivity index (χ2n) is 4.12. The summed E-state index contributed by atoms with van der Waals surface area (Å²) in [6.07, 6.45) is 1.60. The number of H-pyrrole nitrogens is 1. The Hall–Kier alpha value is -2.74. The molecule has 7 nitrogen and oxygen atoms in total. The van der Waals surface area contributed by atoms with Crippen LogP contribution in [0.2, 0.25) is 0 Å². The van der Waals surface area contributed by atoms with Crippen LogP contribution < -0.4 is 16.6 Å². The van der Waals surface area contributed by atoms with Crippen LogP contribution in [0.3, 0.4) is 0 Å². The van der Waals surface area contributed by atoms with Crippen LogP contribution in [0.25, 0.3) is 11.0 Å². The fourth-order valence-corrected chi connectivity index (χ4v) is 1.85. The van der Waals surface area contributed by atoms with Crippen LogP contribution >= 0.6 is 0 Å². The maximum absolute atomic E-state index is 13.6. The summed E-state index contributed by atoms with van der Waals surface area (Å²) in [6, 6.07) is 6.55. The van der Waals surface area contributed by atoms with Crippen molar-refractivity contribution in [2.45, 2.75) is 6.54 Å². The van der Waals surface area contributed by atoms with Gasteiger partial charge in [0.2, 0.25) is 5.95 Å². The molecule has 2 aromatic heterocycles. The molecule has 1 aromatic carbocycles. The second kappa shape index (κ2) is 5.10. The van der Waals surface area contributed by atoms with Crippen molar-refractivity contribution in [3.63, 3.8) is 0 Å². The lowest BCUT2D eigenvalue weighted by Gasteiger charge is -2.08. The second-order valence-corrected chi connectivity index (χ2v) is 4.12. The van der Waals surface area contributed by atoms with E-state index in [0.717, 1.165) is 0 Å². The van der Waals surface area contributed by atoms with E-state index in [4.69, 9.17) is 5.84 Å². The van der Waals surface area contributed by atoms with E-state index >= 15 is 0 Å². The van der Waals surface area contributed by atoms with Crippen LogP contribution in [0.4, 0.5) is 16.2 Å². The lowest BCUT2D eigenvalue weighted by atomic mass is 10.2. The first-order chi connectivity index (χ1) is 9.78. The van der Waals surface area contributed by atoms with E-state index in [1.165, 1.54) is 6.07 Å². The molecule has 2 heterocycles. The van der Waals surface area contributed by atoms with Gasteiger partial charge < -0.3 is 5.32 Å². The van der Waals surface area contributed by atoms with E-state index in [-0.39, 0.29) is 11.8 Å². The van der Waals surface area contributed by atoms with Gasteiger partial charge in [0.05, 0.1) is 11.6 Å². The SMILES string of the molecule is NNc1nc(NCc2ccccc2F)c2cn[nH]c2n1. The van der Waals surface area contributed by atoms with E-state index in [1.54, 1.807) is 24.4 Å². The van der Waals surface area contributed by atoms with Gasteiger partial charge in [-0.3, -0.25) is 10.5 Å². The molecule has 0 saturated carbocycles. The minimum atomic E-state index is -0.269. The number of rotatable bonds is 4. The Morgan fingerprint density at radius 2 is 2.10 bits per heavy atom. The van der Waals surface area contributed by atoms with Crippen molar-refractivity contribution < 1.29 is 4.39 Å². The number of nitrogens with one attached hydrogen (secondary N) is 3. The number of nitrogen functional groups attached to an aromatic ring is 1. The topological polar surface area (TPSA) is 105 Å². The standard InChI is InChI=1S/C12H12FN7/c13-9-4-2-1-3-7(9)5-15-10-8-6-16-20-11(8)18-12(17-10)19-14/h1-4,6H,5,14H2,(H3,15,16,17,18,19,20). The molecule has 0 atom stereocenters. The first-order valence-corrected chi connectivity index (χ1v) is 5.93. The molecule has 102 valence electrons. The summed E-state index contributed by atoms with van der Waals surface area (Å²) in [5, 5.41) is 10.4. The molecule has 0 radical (unpaired) electrons. The van der Waals surface area contributed by atoms with Crippen LogP contribution in [0.5, 0.6) is 0 Å². The number of hydrogen-bond donors (Lipinski definition) is 4. The largest absolute Gasteiger partial charge is 0.365 e. The minimum absolute atomic E-state index is 0.248. The molecule has 0 amide bonds. The molecule has 3 rings (SSSR count). The van der Waals surface area contributed by atoms with Crippen LogP contribution in [0, 0.1) is 5.82 Å². The normalized spacial score (nSPS) is 10.7. The van der Waals surface area contributed by atoms with Crippen LogP contribution in [0.15, 0.2) is 30.5 Å². The zero-order chi connectivity index (χ0) is 13.9. The van der Waals surface area contributed by atoms with Crippen molar-refractivity contribution in [2.24, 2.45) is 5.84 Å². The number of nitrogens with two attached hydrogens (primary N) is 1. The number of anilines is 2. The first-order valence-electron chi connectivity index (χ1n) is 5.93. The molecule has 0 unspecified atom stereocenters. The lowest BCUT2D eigenvalue weighted by Crippen LogP contribution is -2.12. The van der Waals surface area contributed by atoms with Gasteiger partial charge in [0, 0.05) is 12.1 Å². The predicted octanol–water partition coefficient (Wildman–Crippen LogP) is 1.39. The summed E-state index contributed by atoms with van der Waals surface area (Å²) < 4.78 is 13.6. The quantitative estimate of drug-likeness (QED) is 0.423. The molecule has 0 saturated heterocycles. The highest BCUT2D eigenvalue weighted by atomic mass is 19.1. The molecular formula is C12H12FN7. The van der Waals surface area contributed by atoms with E-state index in [9.17, 15) is 4.39 Å². The van der Waals surface area contributed by atoms with Gasteiger partial charge in [0.15, 0.2) is 5.65 Å². The molecule has 0 bridgehead atoms. The van der Waals surface area contributed by atoms with Crippen molar-refractivity contribution in [3.8, 4) is 0 Å². The summed E-state index contributed by atoms with van der Waals surface area (Å²) in [5.41, 5.74) is 3.47. The number of nitrogens with zero attached hydrogens (tertiary/aromatic N) is 3. The monoisotopic (exact) mass is 273 g/mol. The van der Waals surface area contributed by atoms with Gasteiger partial charge >= 0.3 is 0 Å². The van der Waals surface area contributed by atoms with Gasteiger partial charge in [-0.1, -0.05) is 18.2 Å². The Morgan fingerprint density at radius 3 is 2.90 bits per heavy atom. The third kappa shape index (κ3) is 2.24. The molecule has 5 N–H and O–H groups in total. The summed E-state index contributed by atoms with van der Waals surface area (Å²) in [6.45, 7) is 0.300. The molecular weight excluding hydrogens is 261 g/mol. The number of halogens is 1.